The van der Waals surface area contributed by atoms with E-state index < -0.39 is 0 Å². The fourth-order valence-electron chi connectivity index (χ4n) is 3.51. The zero-order valence-electron chi connectivity index (χ0n) is 16.5. The predicted octanol–water partition coefficient (Wildman–Crippen LogP) is 6.71. The summed E-state index contributed by atoms with van der Waals surface area (Å²) >= 11 is 18.3. The van der Waals surface area contributed by atoms with Crippen LogP contribution >= 0.6 is 34.8 Å². The fourth-order valence-corrected chi connectivity index (χ4v) is 4.23. The first-order chi connectivity index (χ1) is 15.5. The number of hydrogen-bond donors (Lipinski definition) is 0. The topological polar surface area (TPSA) is 54.0 Å². The Morgan fingerprint density at radius 3 is 2.72 bits per heavy atom. The molecule has 0 spiro atoms. The maximum atomic E-state index is 12.9. The highest BCUT2D eigenvalue weighted by Gasteiger charge is 2.29. The third kappa shape index (κ3) is 4.17. The van der Waals surface area contributed by atoms with Crippen molar-refractivity contribution in [3.63, 3.8) is 0 Å². The molecule has 162 valence electrons. The molecule has 3 aromatic carbocycles. The monoisotopic (exact) mass is 488 g/mol. The summed E-state index contributed by atoms with van der Waals surface area (Å²) < 4.78 is 22.6. The van der Waals surface area contributed by atoms with Gasteiger partial charge in [0, 0.05) is 37.8 Å². The van der Waals surface area contributed by atoms with Gasteiger partial charge >= 0.3 is 0 Å². The number of Topliss-reactive ketones (excluding diaryl/α,β-unsaturated/α-hetero) is 1. The Kier molecular flexibility index (Phi) is 5.74. The van der Waals surface area contributed by atoms with Crippen LogP contribution in [0.5, 0.6) is 17.2 Å². The molecule has 0 aliphatic carbocycles. The van der Waals surface area contributed by atoms with Gasteiger partial charge in [-0.2, -0.15) is 0 Å². The Labute approximate surface area is 199 Å². The van der Waals surface area contributed by atoms with Gasteiger partial charge in [-0.25, -0.2) is 0 Å². The number of carbonyl (C=O) groups excluding carboxylic acids is 1. The van der Waals surface area contributed by atoms with E-state index in [4.69, 9.17) is 53.8 Å². The van der Waals surface area contributed by atoms with E-state index in [0.29, 0.717) is 50.1 Å². The Balaban J connectivity index is 1.38. The fraction of sp³-hybridized carbons (Fsp3) is 0.125. The largest absolute Gasteiger partial charge is 0.489 e. The van der Waals surface area contributed by atoms with Gasteiger partial charge in [0.2, 0.25) is 5.78 Å². The maximum absolute atomic E-state index is 12.9. The van der Waals surface area contributed by atoms with Gasteiger partial charge in [-0.15, -0.1) is 0 Å². The molecule has 0 unspecified atom stereocenters. The molecule has 8 heteroatoms. The van der Waals surface area contributed by atoms with Gasteiger partial charge in [-0.05, 0) is 42.5 Å². The summed E-state index contributed by atoms with van der Waals surface area (Å²) in [6, 6.07) is 13.8. The molecule has 5 rings (SSSR count). The molecule has 0 amide bonds. The molecule has 5 nitrogen and oxygen atoms in total. The summed E-state index contributed by atoms with van der Waals surface area (Å²) in [4.78, 5) is 12.9. The lowest BCUT2D eigenvalue weighted by Gasteiger charge is -2.20. The SMILES string of the molecule is O=C1C(=Cc2cc(Cl)cc3c2OCOC3)Oc2cc(OCc3ccc(Cl)cc3Cl)ccc21. The van der Waals surface area contributed by atoms with Crippen LogP contribution in [0, 0.1) is 0 Å². The second kappa shape index (κ2) is 8.68. The molecule has 0 bridgehead atoms. The zero-order chi connectivity index (χ0) is 22.2. The van der Waals surface area contributed by atoms with Crippen LogP contribution in [0.2, 0.25) is 15.1 Å². The van der Waals surface area contributed by atoms with E-state index in [1.54, 1.807) is 54.6 Å². The van der Waals surface area contributed by atoms with Crippen molar-refractivity contribution in [1.82, 2.24) is 0 Å². The molecule has 2 aliphatic rings. The van der Waals surface area contributed by atoms with Crippen molar-refractivity contribution >= 4 is 46.7 Å². The predicted molar refractivity (Wildman–Crippen MR) is 122 cm³/mol. The Bertz CT molecular complexity index is 1270. The third-order valence-electron chi connectivity index (χ3n) is 5.04. The molecule has 0 saturated carbocycles. The highest BCUT2D eigenvalue weighted by Crippen LogP contribution is 2.38. The molecule has 3 aromatic rings. The number of fused-ring (bicyclic) bond motifs is 2. The van der Waals surface area contributed by atoms with E-state index in [0.717, 1.165) is 11.1 Å². The molecule has 0 fully saturated rings. The van der Waals surface area contributed by atoms with Crippen LogP contribution in [0.1, 0.15) is 27.0 Å². The van der Waals surface area contributed by atoms with Gasteiger partial charge in [-0.1, -0.05) is 40.9 Å². The van der Waals surface area contributed by atoms with Crippen molar-refractivity contribution in [3.8, 4) is 17.2 Å². The third-order valence-corrected chi connectivity index (χ3v) is 5.85. The van der Waals surface area contributed by atoms with Crippen molar-refractivity contribution in [2.24, 2.45) is 0 Å². The van der Waals surface area contributed by atoms with Crippen LogP contribution in [0.25, 0.3) is 6.08 Å². The van der Waals surface area contributed by atoms with E-state index in [1.807, 2.05) is 0 Å². The van der Waals surface area contributed by atoms with E-state index in [9.17, 15) is 4.79 Å². The number of benzene rings is 3. The quantitative estimate of drug-likeness (QED) is 0.381. The number of hydrogen-bond acceptors (Lipinski definition) is 5. The van der Waals surface area contributed by atoms with Gasteiger partial charge in [-0.3, -0.25) is 4.79 Å². The molecule has 0 aromatic heterocycles. The van der Waals surface area contributed by atoms with Crippen LogP contribution in [-0.4, -0.2) is 12.6 Å². The van der Waals surface area contributed by atoms with Crippen molar-refractivity contribution < 1.29 is 23.7 Å². The van der Waals surface area contributed by atoms with Crippen LogP contribution in [0.15, 0.2) is 54.3 Å². The summed E-state index contributed by atoms with van der Waals surface area (Å²) in [5, 5.41) is 1.60. The van der Waals surface area contributed by atoms with E-state index in [-0.39, 0.29) is 24.9 Å². The minimum absolute atomic E-state index is 0.137. The van der Waals surface area contributed by atoms with Crippen molar-refractivity contribution in [2.75, 3.05) is 6.79 Å². The lowest BCUT2D eigenvalue weighted by molar-refractivity contribution is -0.0165. The molecular formula is C24H15Cl3O5. The van der Waals surface area contributed by atoms with Gasteiger partial charge in [0.15, 0.2) is 12.6 Å². The van der Waals surface area contributed by atoms with Crippen LogP contribution < -0.4 is 14.2 Å². The first-order valence-corrected chi connectivity index (χ1v) is 10.8. The molecule has 0 N–H and O–H groups in total. The van der Waals surface area contributed by atoms with Gasteiger partial charge < -0.3 is 18.9 Å². The van der Waals surface area contributed by atoms with Crippen molar-refractivity contribution in [3.05, 3.63) is 91.6 Å². The summed E-state index contributed by atoms with van der Waals surface area (Å²) in [5.41, 5.74) is 2.72. The summed E-state index contributed by atoms with van der Waals surface area (Å²) in [5.74, 6) is 1.54. The van der Waals surface area contributed by atoms with E-state index in [2.05, 4.69) is 0 Å². The highest BCUT2D eigenvalue weighted by molar-refractivity contribution is 6.35. The maximum Gasteiger partial charge on any atom is 0.231 e. The Morgan fingerprint density at radius 2 is 1.88 bits per heavy atom. The molecular weight excluding hydrogens is 475 g/mol. The lowest BCUT2D eigenvalue weighted by atomic mass is 10.1. The lowest BCUT2D eigenvalue weighted by Crippen LogP contribution is -2.12. The molecule has 0 radical (unpaired) electrons. The highest BCUT2D eigenvalue weighted by atomic mass is 35.5. The van der Waals surface area contributed by atoms with Crippen molar-refractivity contribution in [2.45, 2.75) is 13.2 Å². The van der Waals surface area contributed by atoms with Gasteiger partial charge in [0.05, 0.1) is 12.2 Å². The number of carbonyl (C=O) groups is 1. The first kappa shape index (κ1) is 21.2. The second-order valence-electron chi connectivity index (χ2n) is 7.22. The molecule has 0 atom stereocenters. The van der Waals surface area contributed by atoms with Crippen LogP contribution in [0.4, 0.5) is 0 Å². The number of halogens is 3. The molecule has 2 heterocycles. The molecule has 2 aliphatic heterocycles. The normalized spacial score (nSPS) is 15.7. The first-order valence-electron chi connectivity index (χ1n) is 9.66. The minimum atomic E-state index is -0.229. The zero-order valence-corrected chi connectivity index (χ0v) is 18.8. The molecule has 0 saturated heterocycles. The smallest absolute Gasteiger partial charge is 0.231 e. The summed E-state index contributed by atoms with van der Waals surface area (Å²) in [6.07, 6.45) is 1.63. The minimum Gasteiger partial charge on any atom is -0.489 e. The van der Waals surface area contributed by atoms with Gasteiger partial charge in [0.25, 0.3) is 0 Å². The standard InChI is InChI=1S/C24H15Cl3O5/c25-16-2-1-13(20(27)8-16)11-30-18-3-4-19-21(9-18)32-22(23(19)28)7-14-5-17(26)6-15-10-29-12-31-24(14)15/h1-9H,10-12H2. The average Bonchev–Trinajstić information content (AvgIpc) is 3.07. The average molecular weight is 490 g/mol. The van der Waals surface area contributed by atoms with Crippen LogP contribution in [-0.2, 0) is 18.0 Å². The van der Waals surface area contributed by atoms with E-state index in [1.165, 1.54) is 0 Å². The summed E-state index contributed by atoms with van der Waals surface area (Å²) in [7, 11) is 0. The number of rotatable bonds is 4. The van der Waals surface area contributed by atoms with E-state index >= 15 is 0 Å². The second-order valence-corrected chi connectivity index (χ2v) is 8.50. The number of ketones is 1. The number of ether oxygens (including phenoxy) is 4. The van der Waals surface area contributed by atoms with Gasteiger partial charge in [0.1, 0.15) is 23.9 Å². The van der Waals surface area contributed by atoms with Crippen LogP contribution in [0.3, 0.4) is 0 Å². The Morgan fingerprint density at radius 1 is 1.00 bits per heavy atom. The summed E-state index contributed by atoms with van der Waals surface area (Å²) in [6.45, 7) is 0.775. The van der Waals surface area contributed by atoms with Crippen molar-refractivity contribution in [1.29, 1.82) is 0 Å². The Hall–Kier alpha value is -2.70. The number of allylic oxidation sites excluding steroid dienone is 1. The molecule has 32 heavy (non-hydrogen) atoms.